The second kappa shape index (κ2) is 6.01. The summed E-state index contributed by atoms with van der Waals surface area (Å²) in [6, 6.07) is 10.7. The van der Waals surface area contributed by atoms with Gasteiger partial charge in [0.25, 0.3) is 5.91 Å². The van der Waals surface area contributed by atoms with Gasteiger partial charge in [-0.25, -0.2) is 4.98 Å². The van der Waals surface area contributed by atoms with E-state index in [0.717, 1.165) is 9.26 Å². The molecule has 2 aromatic rings. The molecule has 0 saturated heterocycles. The number of ether oxygens (including phenoxy) is 1. The maximum absolute atomic E-state index is 12.1. The Morgan fingerprint density at radius 1 is 1.32 bits per heavy atom. The number of carbonyl (C=O) groups excluding carboxylic acids is 1. The van der Waals surface area contributed by atoms with Gasteiger partial charge in [-0.3, -0.25) is 4.79 Å². The lowest BCUT2D eigenvalue weighted by molar-refractivity contribution is 0.102. The summed E-state index contributed by atoms with van der Waals surface area (Å²) < 4.78 is 6.16. The highest BCUT2D eigenvalue weighted by atomic mass is 127. The molecule has 0 fully saturated rings. The highest BCUT2D eigenvalue weighted by Crippen LogP contribution is 2.16. The number of aryl methyl sites for hydroxylation is 1. The summed E-state index contributed by atoms with van der Waals surface area (Å²) in [7, 11) is 1.57. The molecule has 5 heteroatoms. The van der Waals surface area contributed by atoms with Crippen LogP contribution in [0.2, 0.25) is 0 Å². The molecule has 1 aromatic heterocycles. The molecular formula is C14H13IN2O2. The van der Waals surface area contributed by atoms with Gasteiger partial charge in [0.2, 0.25) is 0 Å². The van der Waals surface area contributed by atoms with Crippen LogP contribution in [-0.4, -0.2) is 18.0 Å². The maximum Gasteiger partial charge on any atom is 0.256 e. The van der Waals surface area contributed by atoms with Crippen molar-refractivity contribution >= 4 is 34.3 Å². The quantitative estimate of drug-likeness (QED) is 0.847. The Morgan fingerprint density at radius 2 is 2.11 bits per heavy atom. The molecule has 98 valence electrons. The summed E-state index contributed by atoms with van der Waals surface area (Å²) >= 11 is 2.20. The normalized spacial score (nSPS) is 10.1. The number of carbonyl (C=O) groups is 1. The van der Waals surface area contributed by atoms with Crippen LogP contribution in [-0.2, 0) is 0 Å². The molecule has 19 heavy (non-hydrogen) atoms. The van der Waals surface area contributed by atoms with Crippen molar-refractivity contribution in [2.45, 2.75) is 6.92 Å². The van der Waals surface area contributed by atoms with Crippen LogP contribution in [0.4, 0.5) is 5.82 Å². The Morgan fingerprint density at radius 3 is 2.79 bits per heavy atom. The number of hydrogen-bond acceptors (Lipinski definition) is 3. The first-order valence-electron chi connectivity index (χ1n) is 5.68. The Hall–Kier alpha value is -1.63. The molecule has 1 amide bonds. The van der Waals surface area contributed by atoms with Gasteiger partial charge >= 0.3 is 0 Å². The van der Waals surface area contributed by atoms with E-state index in [1.54, 1.807) is 37.4 Å². The van der Waals surface area contributed by atoms with Crippen molar-refractivity contribution in [2.75, 3.05) is 12.4 Å². The number of rotatable bonds is 3. The van der Waals surface area contributed by atoms with Gasteiger partial charge in [0.15, 0.2) is 0 Å². The molecule has 0 radical (unpaired) electrons. The second-order valence-electron chi connectivity index (χ2n) is 3.95. The minimum absolute atomic E-state index is 0.202. The summed E-state index contributed by atoms with van der Waals surface area (Å²) in [5, 5.41) is 2.77. The second-order valence-corrected chi connectivity index (χ2v) is 5.11. The molecule has 1 heterocycles. The van der Waals surface area contributed by atoms with E-state index in [9.17, 15) is 4.79 Å². The third-order valence-corrected chi connectivity index (χ3v) is 3.74. The number of nitrogens with one attached hydrogen (secondary N) is 1. The highest BCUT2D eigenvalue weighted by molar-refractivity contribution is 14.1. The minimum atomic E-state index is -0.202. The van der Waals surface area contributed by atoms with Gasteiger partial charge in [-0.2, -0.15) is 0 Å². The van der Waals surface area contributed by atoms with E-state index < -0.39 is 0 Å². The van der Waals surface area contributed by atoms with Gasteiger partial charge < -0.3 is 10.1 Å². The van der Waals surface area contributed by atoms with Crippen molar-refractivity contribution in [1.29, 1.82) is 0 Å². The molecule has 0 saturated carbocycles. The summed E-state index contributed by atoms with van der Waals surface area (Å²) in [6.07, 6.45) is 0. The summed E-state index contributed by atoms with van der Waals surface area (Å²) in [5.41, 5.74) is 1.43. The molecule has 0 spiro atoms. The third kappa shape index (κ3) is 3.44. The molecule has 0 aliphatic carbocycles. The van der Waals surface area contributed by atoms with Crippen LogP contribution in [0.5, 0.6) is 5.75 Å². The number of halogens is 1. The van der Waals surface area contributed by atoms with E-state index in [0.29, 0.717) is 17.1 Å². The lowest BCUT2D eigenvalue weighted by Crippen LogP contribution is -2.13. The number of nitrogens with zero attached hydrogens (tertiary/aromatic N) is 1. The van der Waals surface area contributed by atoms with E-state index in [1.807, 2.05) is 13.0 Å². The lowest BCUT2D eigenvalue weighted by atomic mass is 10.2. The number of benzene rings is 1. The van der Waals surface area contributed by atoms with Crippen LogP contribution in [0, 0.1) is 10.5 Å². The monoisotopic (exact) mass is 368 g/mol. The molecule has 0 aliphatic rings. The fourth-order valence-electron chi connectivity index (χ4n) is 1.57. The first-order chi connectivity index (χ1) is 9.10. The standard InChI is InChI=1S/C14H13IN2O2/c1-9-12(15)6-7-13(16-9)17-14(18)10-4-3-5-11(8-10)19-2/h3-8H,1-2H3,(H,16,17,18). The van der Waals surface area contributed by atoms with Crippen molar-refractivity contribution in [3.8, 4) is 5.75 Å². The van der Waals surface area contributed by atoms with E-state index in [1.165, 1.54) is 0 Å². The number of pyridine rings is 1. The summed E-state index contributed by atoms with van der Waals surface area (Å²) in [6.45, 7) is 1.91. The fraction of sp³-hybridized carbons (Fsp3) is 0.143. The Labute approximate surface area is 125 Å². The van der Waals surface area contributed by atoms with E-state index in [2.05, 4.69) is 32.9 Å². The predicted molar refractivity (Wildman–Crippen MR) is 82.6 cm³/mol. The molecule has 0 unspecified atom stereocenters. The first-order valence-corrected chi connectivity index (χ1v) is 6.76. The van der Waals surface area contributed by atoms with Crippen molar-refractivity contribution in [1.82, 2.24) is 4.98 Å². The number of methoxy groups -OCH3 is 1. The van der Waals surface area contributed by atoms with Gasteiger partial charge in [-0.15, -0.1) is 0 Å². The zero-order chi connectivity index (χ0) is 13.8. The van der Waals surface area contributed by atoms with E-state index >= 15 is 0 Å². The van der Waals surface area contributed by atoms with Crippen LogP contribution in [0.1, 0.15) is 16.1 Å². The lowest BCUT2D eigenvalue weighted by Gasteiger charge is -2.07. The first kappa shape index (κ1) is 13.8. The van der Waals surface area contributed by atoms with Crippen LogP contribution < -0.4 is 10.1 Å². The molecule has 0 atom stereocenters. The molecule has 0 aliphatic heterocycles. The van der Waals surface area contributed by atoms with E-state index in [-0.39, 0.29) is 5.91 Å². The van der Waals surface area contributed by atoms with Crippen LogP contribution in [0.25, 0.3) is 0 Å². The number of anilines is 1. The minimum Gasteiger partial charge on any atom is -0.497 e. The topological polar surface area (TPSA) is 51.2 Å². The van der Waals surface area contributed by atoms with Crippen molar-refractivity contribution in [3.63, 3.8) is 0 Å². The maximum atomic E-state index is 12.1. The molecule has 0 bridgehead atoms. The summed E-state index contributed by atoms with van der Waals surface area (Å²) in [5.74, 6) is 0.997. The molecular weight excluding hydrogens is 355 g/mol. The zero-order valence-corrected chi connectivity index (χ0v) is 12.8. The summed E-state index contributed by atoms with van der Waals surface area (Å²) in [4.78, 5) is 16.4. The van der Waals surface area contributed by atoms with Crippen LogP contribution in [0.15, 0.2) is 36.4 Å². The molecule has 4 nitrogen and oxygen atoms in total. The zero-order valence-electron chi connectivity index (χ0n) is 10.6. The van der Waals surface area contributed by atoms with Gasteiger partial charge in [0, 0.05) is 9.13 Å². The van der Waals surface area contributed by atoms with Gasteiger partial charge in [-0.1, -0.05) is 6.07 Å². The third-order valence-electron chi connectivity index (χ3n) is 2.59. The fourth-order valence-corrected chi connectivity index (χ4v) is 1.87. The number of aromatic nitrogens is 1. The number of amides is 1. The Bertz CT molecular complexity index is 614. The Balaban J connectivity index is 2.18. The van der Waals surface area contributed by atoms with Crippen molar-refractivity contribution in [3.05, 3.63) is 51.2 Å². The van der Waals surface area contributed by atoms with Gasteiger partial charge in [0.1, 0.15) is 11.6 Å². The van der Waals surface area contributed by atoms with E-state index in [4.69, 9.17) is 4.74 Å². The van der Waals surface area contributed by atoms with Crippen LogP contribution in [0.3, 0.4) is 0 Å². The van der Waals surface area contributed by atoms with Gasteiger partial charge in [0.05, 0.1) is 12.8 Å². The molecule has 1 aromatic carbocycles. The number of hydrogen-bond donors (Lipinski definition) is 1. The average molecular weight is 368 g/mol. The SMILES string of the molecule is COc1cccc(C(=O)Nc2ccc(I)c(C)n2)c1. The smallest absolute Gasteiger partial charge is 0.256 e. The molecule has 1 N–H and O–H groups in total. The highest BCUT2D eigenvalue weighted by Gasteiger charge is 2.08. The largest absolute Gasteiger partial charge is 0.497 e. The predicted octanol–water partition coefficient (Wildman–Crippen LogP) is 3.26. The Kier molecular flexibility index (Phi) is 4.36. The van der Waals surface area contributed by atoms with Crippen molar-refractivity contribution in [2.24, 2.45) is 0 Å². The van der Waals surface area contributed by atoms with Crippen molar-refractivity contribution < 1.29 is 9.53 Å². The van der Waals surface area contributed by atoms with Gasteiger partial charge in [-0.05, 0) is 59.8 Å². The molecule has 2 rings (SSSR count). The van der Waals surface area contributed by atoms with Crippen LogP contribution >= 0.6 is 22.6 Å². The average Bonchev–Trinajstić information content (AvgIpc) is 2.43.